The lowest BCUT2D eigenvalue weighted by Gasteiger charge is -2.09. The summed E-state index contributed by atoms with van der Waals surface area (Å²) in [5.41, 5.74) is 11.0. The molecule has 0 saturated heterocycles. The molecule has 0 amide bonds. The summed E-state index contributed by atoms with van der Waals surface area (Å²) in [6, 6.07) is -0.477. The van der Waals surface area contributed by atoms with Gasteiger partial charge in [0, 0.05) is 6.42 Å². The largest absolute Gasteiger partial charge is 0.462 e. The van der Waals surface area contributed by atoms with Crippen LogP contribution < -0.4 is 11.5 Å². The molecule has 4 N–H and O–H groups in total. The molecule has 1 unspecified atom stereocenters. The van der Waals surface area contributed by atoms with Crippen LogP contribution in [0.25, 0.3) is 0 Å². The van der Waals surface area contributed by atoms with Gasteiger partial charge < -0.3 is 16.2 Å². The van der Waals surface area contributed by atoms with Crippen LogP contribution in [0, 0.1) is 0 Å². The molecule has 16 heavy (non-hydrogen) atoms. The number of unbranched alkanes of at least 4 members (excludes halogenated alkanes) is 1. The number of rotatable bonds is 9. The molecule has 94 valence electrons. The van der Waals surface area contributed by atoms with E-state index in [1.807, 2.05) is 0 Å². The summed E-state index contributed by atoms with van der Waals surface area (Å²) in [4.78, 5) is 22.5. The van der Waals surface area contributed by atoms with E-state index in [1.165, 1.54) is 0 Å². The van der Waals surface area contributed by atoms with E-state index in [1.54, 1.807) is 0 Å². The number of hydrogen-bond donors (Lipinski definition) is 2. The fourth-order valence-electron chi connectivity index (χ4n) is 1.25. The van der Waals surface area contributed by atoms with E-state index in [2.05, 4.69) is 14.0 Å². The van der Waals surface area contributed by atoms with Crippen molar-refractivity contribution in [3.63, 3.8) is 0 Å². The lowest BCUT2D eigenvalue weighted by molar-refractivity contribution is -0.142. The van der Waals surface area contributed by atoms with Gasteiger partial charge in [-0.05, 0) is 19.4 Å². The number of carbonyl (C=O) groups is 2. The van der Waals surface area contributed by atoms with Gasteiger partial charge in [0.1, 0.15) is 12.1 Å². The summed E-state index contributed by atoms with van der Waals surface area (Å²) >= 11 is 0. The second-order valence-corrected chi connectivity index (χ2v) is 3.87. The number of nitrogens with two attached hydrogens (primary N) is 2. The minimum absolute atomic E-state index is 0.0854. The normalized spacial score (nSPS) is 12.2. The van der Waals surface area contributed by atoms with Gasteiger partial charge in [-0.25, -0.2) is 0 Å². The van der Waals surface area contributed by atoms with Crippen molar-refractivity contribution in [3.8, 4) is 0 Å². The van der Waals surface area contributed by atoms with Gasteiger partial charge in [0.2, 0.25) is 0 Å². The van der Waals surface area contributed by atoms with Crippen LogP contribution in [0.1, 0.15) is 32.1 Å². The Bertz CT molecular complexity index is 224. The van der Waals surface area contributed by atoms with Gasteiger partial charge in [0.05, 0.1) is 12.5 Å². The molecule has 0 aliphatic heterocycles. The summed E-state index contributed by atoms with van der Waals surface area (Å²) in [5, 5.41) is 0. The Hall–Kier alpha value is -0.510. The van der Waals surface area contributed by atoms with Crippen LogP contribution in [0.3, 0.4) is 0 Å². The third kappa shape index (κ3) is 7.74. The number of hydrogen-bond acceptors (Lipinski definition) is 5. The molecule has 6 heteroatoms. The third-order valence-corrected chi connectivity index (χ3v) is 2.37. The van der Waals surface area contributed by atoms with Gasteiger partial charge in [-0.1, -0.05) is 15.7 Å². The fourth-order valence-corrected chi connectivity index (χ4v) is 1.43. The smallest absolute Gasteiger partial charge is 0.306 e. The van der Waals surface area contributed by atoms with Crippen LogP contribution in [0.15, 0.2) is 0 Å². The highest BCUT2D eigenvalue weighted by molar-refractivity contribution is 7.16. The molecular weight excluding hydrogens is 227 g/mol. The summed E-state index contributed by atoms with van der Waals surface area (Å²) in [6.07, 6.45) is 2.88. The first-order valence-corrected chi connectivity index (χ1v) is 6.27. The van der Waals surface area contributed by atoms with Crippen molar-refractivity contribution in [1.82, 2.24) is 0 Å². The van der Waals surface area contributed by atoms with Crippen molar-refractivity contribution in [3.05, 3.63) is 0 Å². The molecular formula is C10H21N2O3P. The molecule has 0 aromatic rings. The van der Waals surface area contributed by atoms with Crippen LogP contribution >= 0.6 is 9.24 Å². The second kappa shape index (κ2) is 9.70. The molecule has 0 rings (SSSR count). The minimum Gasteiger partial charge on any atom is -0.462 e. The van der Waals surface area contributed by atoms with Gasteiger partial charge in [-0.3, -0.25) is 9.59 Å². The van der Waals surface area contributed by atoms with Crippen LogP contribution in [-0.2, 0) is 14.3 Å². The first kappa shape index (κ1) is 15.5. The van der Waals surface area contributed by atoms with E-state index in [9.17, 15) is 9.59 Å². The van der Waals surface area contributed by atoms with Gasteiger partial charge in [-0.2, -0.15) is 0 Å². The molecule has 0 saturated carbocycles. The van der Waals surface area contributed by atoms with Crippen molar-refractivity contribution >= 4 is 21.0 Å². The van der Waals surface area contributed by atoms with E-state index in [0.29, 0.717) is 13.0 Å². The second-order valence-electron chi connectivity index (χ2n) is 3.54. The molecule has 0 spiro atoms. The molecule has 0 radical (unpaired) electrons. The molecule has 0 aliphatic carbocycles. The maximum absolute atomic E-state index is 11.5. The standard InChI is InChI=1S/C10H21N2O3P/c11-6-2-1-3-8(12)9(13)4-5-10(14)15-7-16/h8H,1-7,11-12,16H2/t8-/m0/s1. The Labute approximate surface area is 98.5 Å². The number of carbonyl (C=O) groups excluding carboxylic acids is 2. The lowest BCUT2D eigenvalue weighted by Crippen LogP contribution is -2.30. The molecule has 0 aliphatic rings. The Morgan fingerprint density at radius 2 is 1.94 bits per heavy atom. The highest BCUT2D eigenvalue weighted by Crippen LogP contribution is 2.04. The number of ether oxygens (including phenoxy) is 1. The monoisotopic (exact) mass is 248 g/mol. The Kier molecular flexibility index (Phi) is 9.39. The van der Waals surface area contributed by atoms with Crippen LogP contribution in [0.4, 0.5) is 0 Å². The topological polar surface area (TPSA) is 95.4 Å². The molecule has 0 aromatic carbocycles. The first-order valence-electron chi connectivity index (χ1n) is 5.45. The highest BCUT2D eigenvalue weighted by atomic mass is 31.0. The summed E-state index contributed by atoms with van der Waals surface area (Å²) < 4.78 is 4.69. The minimum atomic E-state index is -0.477. The van der Waals surface area contributed by atoms with Gasteiger partial charge in [0.25, 0.3) is 0 Å². The molecule has 0 heterocycles. The van der Waals surface area contributed by atoms with Crippen LogP contribution in [0.5, 0.6) is 0 Å². The summed E-state index contributed by atoms with van der Waals surface area (Å²) in [5.74, 6) is -0.449. The molecule has 5 nitrogen and oxygen atoms in total. The van der Waals surface area contributed by atoms with Crippen LogP contribution in [0.2, 0.25) is 0 Å². The van der Waals surface area contributed by atoms with Crippen molar-refractivity contribution in [2.75, 3.05) is 12.9 Å². The average Bonchev–Trinajstić information content (AvgIpc) is 2.26. The predicted molar refractivity (Wildman–Crippen MR) is 65.8 cm³/mol. The van der Waals surface area contributed by atoms with Crippen LogP contribution in [-0.4, -0.2) is 30.7 Å². The number of Topliss-reactive ketones (excluding diaryl/α,β-unsaturated/α-hetero) is 1. The number of ketones is 1. The van der Waals surface area contributed by atoms with Gasteiger partial charge in [-0.15, -0.1) is 0 Å². The highest BCUT2D eigenvalue weighted by Gasteiger charge is 2.14. The molecule has 0 aromatic heterocycles. The lowest BCUT2D eigenvalue weighted by atomic mass is 10.0. The molecule has 0 bridgehead atoms. The van der Waals surface area contributed by atoms with Crippen molar-refractivity contribution in [2.45, 2.75) is 38.1 Å². The van der Waals surface area contributed by atoms with Gasteiger partial charge >= 0.3 is 5.97 Å². The predicted octanol–water partition coefficient (Wildman–Crippen LogP) is 0.168. The average molecular weight is 248 g/mol. The first-order chi connectivity index (χ1) is 7.61. The number of esters is 1. The maximum Gasteiger partial charge on any atom is 0.306 e. The Morgan fingerprint density at radius 1 is 1.25 bits per heavy atom. The fraction of sp³-hybridized carbons (Fsp3) is 0.800. The molecule has 2 atom stereocenters. The Morgan fingerprint density at radius 3 is 2.50 bits per heavy atom. The van der Waals surface area contributed by atoms with E-state index in [4.69, 9.17) is 11.5 Å². The zero-order valence-electron chi connectivity index (χ0n) is 9.48. The third-order valence-electron chi connectivity index (χ3n) is 2.20. The van der Waals surface area contributed by atoms with E-state index in [0.717, 1.165) is 12.8 Å². The van der Waals surface area contributed by atoms with Gasteiger partial charge in [0.15, 0.2) is 0 Å². The van der Waals surface area contributed by atoms with E-state index in [-0.39, 0.29) is 30.9 Å². The zero-order valence-corrected chi connectivity index (χ0v) is 10.6. The SMILES string of the molecule is NCCCC[C@H](N)C(=O)CCC(=O)OCP. The zero-order chi connectivity index (χ0) is 12.4. The summed E-state index contributed by atoms with van der Waals surface area (Å²) in [7, 11) is 2.28. The maximum atomic E-state index is 11.5. The van der Waals surface area contributed by atoms with Crippen molar-refractivity contribution < 1.29 is 14.3 Å². The quantitative estimate of drug-likeness (QED) is 0.344. The molecule has 0 fully saturated rings. The van der Waals surface area contributed by atoms with E-state index < -0.39 is 6.04 Å². The Balaban J connectivity index is 3.66. The summed E-state index contributed by atoms with van der Waals surface area (Å²) in [6.45, 7) is 0.613. The van der Waals surface area contributed by atoms with Crippen molar-refractivity contribution in [2.24, 2.45) is 11.5 Å². The van der Waals surface area contributed by atoms with E-state index >= 15 is 0 Å². The van der Waals surface area contributed by atoms with Crippen molar-refractivity contribution in [1.29, 1.82) is 0 Å².